The lowest BCUT2D eigenvalue weighted by atomic mass is 10.1. The number of hydrogen-bond acceptors (Lipinski definition) is 5. The fourth-order valence-corrected chi connectivity index (χ4v) is 3.72. The van der Waals surface area contributed by atoms with Crippen LogP contribution in [0.4, 0.5) is 5.69 Å². The highest BCUT2D eigenvalue weighted by molar-refractivity contribution is 7.80. The van der Waals surface area contributed by atoms with E-state index in [1.165, 1.54) is 0 Å². The van der Waals surface area contributed by atoms with Crippen molar-refractivity contribution in [2.24, 2.45) is 0 Å². The molecule has 0 bridgehead atoms. The Bertz CT molecular complexity index is 1350. The van der Waals surface area contributed by atoms with Gasteiger partial charge in [0.25, 0.3) is 5.91 Å². The Hall–Kier alpha value is -3.42. The molecular weight excluding hydrogens is 470 g/mol. The van der Waals surface area contributed by atoms with Crippen molar-refractivity contribution < 1.29 is 13.9 Å². The van der Waals surface area contributed by atoms with E-state index in [2.05, 4.69) is 22.5 Å². The lowest BCUT2D eigenvalue weighted by Crippen LogP contribution is -2.34. The molecule has 8 heteroatoms. The van der Waals surface area contributed by atoms with Gasteiger partial charge in [0.2, 0.25) is 5.89 Å². The highest BCUT2D eigenvalue weighted by Crippen LogP contribution is 2.31. The molecule has 0 aliphatic carbocycles. The van der Waals surface area contributed by atoms with Crippen LogP contribution >= 0.6 is 23.8 Å². The van der Waals surface area contributed by atoms with Gasteiger partial charge in [0.15, 0.2) is 10.7 Å². The topological polar surface area (TPSA) is 76.4 Å². The first-order chi connectivity index (χ1) is 16.3. The van der Waals surface area contributed by atoms with Crippen LogP contribution in [0.1, 0.15) is 36.2 Å². The summed E-state index contributed by atoms with van der Waals surface area (Å²) in [6, 6.07) is 17.9. The molecule has 1 aromatic heterocycles. The summed E-state index contributed by atoms with van der Waals surface area (Å²) in [5.41, 5.74) is 4.24. The number of nitrogens with zero attached hydrogens (tertiary/aromatic N) is 1. The van der Waals surface area contributed by atoms with Gasteiger partial charge in [0.1, 0.15) is 11.3 Å². The van der Waals surface area contributed by atoms with Gasteiger partial charge < -0.3 is 14.5 Å². The average Bonchev–Trinajstić information content (AvgIpc) is 3.23. The lowest BCUT2D eigenvalue weighted by molar-refractivity contribution is 0.0977. The number of oxazole rings is 1. The number of benzene rings is 3. The fraction of sp³-hybridized carbons (Fsp3) is 0.192. The molecule has 4 rings (SSSR count). The van der Waals surface area contributed by atoms with Crippen molar-refractivity contribution in [1.29, 1.82) is 0 Å². The van der Waals surface area contributed by atoms with Crippen molar-refractivity contribution in [3.63, 3.8) is 0 Å². The largest absolute Gasteiger partial charge is 0.491 e. The first kappa shape index (κ1) is 23.7. The Morgan fingerprint density at radius 3 is 2.68 bits per heavy atom. The quantitative estimate of drug-likeness (QED) is 0.289. The molecule has 0 aliphatic rings. The van der Waals surface area contributed by atoms with Crippen LogP contribution in [0.25, 0.3) is 22.6 Å². The van der Waals surface area contributed by atoms with Crippen molar-refractivity contribution in [2.75, 3.05) is 5.32 Å². The third-order valence-electron chi connectivity index (χ3n) is 5.42. The van der Waals surface area contributed by atoms with Crippen LogP contribution in [0.5, 0.6) is 5.75 Å². The second-order valence-corrected chi connectivity index (χ2v) is 8.72. The lowest BCUT2D eigenvalue weighted by Gasteiger charge is -2.14. The second-order valence-electron chi connectivity index (χ2n) is 7.88. The molecule has 34 heavy (non-hydrogen) atoms. The molecule has 1 amide bonds. The Balaban J connectivity index is 1.45. The van der Waals surface area contributed by atoms with E-state index in [0.29, 0.717) is 27.6 Å². The summed E-state index contributed by atoms with van der Waals surface area (Å²) in [4.78, 5) is 17.2. The molecule has 0 saturated heterocycles. The van der Waals surface area contributed by atoms with Crippen LogP contribution in [0.2, 0.25) is 5.02 Å². The number of fused-ring (bicyclic) bond motifs is 1. The van der Waals surface area contributed by atoms with E-state index in [9.17, 15) is 4.79 Å². The van der Waals surface area contributed by atoms with Crippen LogP contribution in [0.15, 0.2) is 65.1 Å². The summed E-state index contributed by atoms with van der Waals surface area (Å²) in [5, 5.41) is 6.60. The minimum Gasteiger partial charge on any atom is -0.491 e. The summed E-state index contributed by atoms with van der Waals surface area (Å²) in [6.45, 7) is 5.99. The fourth-order valence-electron chi connectivity index (χ4n) is 3.35. The predicted octanol–water partition coefficient (Wildman–Crippen LogP) is 6.76. The van der Waals surface area contributed by atoms with E-state index < -0.39 is 0 Å². The number of carbonyl (C=O) groups is 1. The molecule has 0 spiro atoms. The molecule has 0 fully saturated rings. The first-order valence-electron chi connectivity index (χ1n) is 10.9. The molecule has 1 heterocycles. The van der Waals surface area contributed by atoms with Crippen molar-refractivity contribution in [3.05, 3.63) is 76.8 Å². The molecule has 2 N–H and O–H groups in total. The van der Waals surface area contributed by atoms with Crippen LogP contribution in [0, 0.1) is 6.92 Å². The van der Waals surface area contributed by atoms with Gasteiger partial charge in [-0.3, -0.25) is 10.1 Å². The number of amides is 1. The van der Waals surface area contributed by atoms with Crippen molar-refractivity contribution in [3.8, 4) is 17.2 Å². The number of carbonyl (C=O) groups excluding carboxylic acids is 1. The van der Waals surface area contributed by atoms with Crippen LogP contribution < -0.4 is 15.4 Å². The maximum Gasteiger partial charge on any atom is 0.257 e. The Labute approximate surface area is 208 Å². The van der Waals surface area contributed by atoms with Gasteiger partial charge in [-0.25, -0.2) is 4.98 Å². The third kappa shape index (κ3) is 5.38. The van der Waals surface area contributed by atoms with Crippen LogP contribution in [-0.2, 0) is 0 Å². The van der Waals surface area contributed by atoms with E-state index in [-0.39, 0.29) is 17.1 Å². The highest BCUT2D eigenvalue weighted by atomic mass is 35.5. The average molecular weight is 494 g/mol. The molecule has 0 saturated carbocycles. The molecule has 3 aromatic carbocycles. The highest BCUT2D eigenvalue weighted by Gasteiger charge is 2.15. The summed E-state index contributed by atoms with van der Waals surface area (Å²) < 4.78 is 11.7. The SMILES string of the molecule is CCC(C)Oc1ccc(C(=O)NC(=S)Nc2cccc(-c3nc4cc(Cl)ccc4o3)c2C)cc1. The first-order valence-corrected chi connectivity index (χ1v) is 11.7. The second kappa shape index (κ2) is 10.2. The van der Waals surface area contributed by atoms with Gasteiger partial charge >= 0.3 is 0 Å². The van der Waals surface area contributed by atoms with Gasteiger partial charge in [0, 0.05) is 21.8 Å². The van der Waals surface area contributed by atoms with Crippen LogP contribution in [0.3, 0.4) is 0 Å². The normalized spacial score (nSPS) is 11.8. The van der Waals surface area contributed by atoms with Crippen molar-refractivity contribution in [1.82, 2.24) is 10.3 Å². The van der Waals surface area contributed by atoms with E-state index >= 15 is 0 Å². The zero-order chi connectivity index (χ0) is 24.2. The Kier molecular flexibility index (Phi) is 7.14. The van der Waals surface area contributed by atoms with E-state index in [1.807, 2.05) is 32.0 Å². The number of aromatic nitrogens is 1. The van der Waals surface area contributed by atoms with Gasteiger partial charge in [-0.2, -0.15) is 0 Å². The molecule has 0 aliphatic heterocycles. The molecular formula is C26H24ClN3O3S. The summed E-state index contributed by atoms with van der Waals surface area (Å²) in [7, 11) is 0. The summed E-state index contributed by atoms with van der Waals surface area (Å²) in [6.07, 6.45) is 1.02. The van der Waals surface area contributed by atoms with Crippen molar-refractivity contribution in [2.45, 2.75) is 33.3 Å². The van der Waals surface area contributed by atoms with Gasteiger partial charge in [-0.05, 0) is 92.6 Å². The molecule has 174 valence electrons. The number of halogens is 1. The molecule has 4 aromatic rings. The number of nitrogens with one attached hydrogen (secondary N) is 2. The maximum atomic E-state index is 12.6. The molecule has 6 nitrogen and oxygen atoms in total. The zero-order valence-corrected chi connectivity index (χ0v) is 20.6. The Morgan fingerprint density at radius 1 is 1.18 bits per heavy atom. The van der Waals surface area contributed by atoms with Crippen molar-refractivity contribution >= 4 is 51.6 Å². The van der Waals surface area contributed by atoms with Crippen LogP contribution in [-0.4, -0.2) is 22.1 Å². The minimum absolute atomic E-state index is 0.114. The maximum absolute atomic E-state index is 12.6. The third-order valence-corrected chi connectivity index (χ3v) is 5.86. The van der Waals surface area contributed by atoms with Gasteiger partial charge in [0.05, 0.1) is 6.10 Å². The number of hydrogen-bond donors (Lipinski definition) is 2. The number of thiocarbonyl (C=S) groups is 1. The molecule has 1 atom stereocenters. The predicted molar refractivity (Wildman–Crippen MR) is 140 cm³/mol. The number of ether oxygens (including phenoxy) is 1. The summed E-state index contributed by atoms with van der Waals surface area (Å²) >= 11 is 11.4. The standard InChI is InChI=1S/C26H24ClN3O3S/c1-4-15(2)32-19-11-8-17(9-12-19)24(31)30-26(34)29-21-7-5-6-20(16(21)3)25-28-22-14-18(27)10-13-23(22)33-25/h5-15H,4H2,1-3H3,(H2,29,30,31,34). The summed E-state index contributed by atoms with van der Waals surface area (Å²) in [5.74, 6) is 0.894. The minimum atomic E-state index is -0.308. The molecule has 0 radical (unpaired) electrons. The molecule has 1 unspecified atom stereocenters. The number of rotatable bonds is 6. The smallest absolute Gasteiger partial charge is 0.257 e. The van der Waals surface area contributed by atoms with Gasteiger partial charge in [-0.15, -0.1) is 0 Å². The van der Waals surface area contributed by atoms with E-state index in [0.717, 1.165) is 29.0 Å². The zero-order valence-electron chi connectivity index (χ0n) is 19.0. The Morgan fingerprint density at radius 2 is 1.94 bits per heavy atom. The number of anilines is 1. The van der Waals surface area contributed by atoms with E-state index in [4.69, 9.17) is 33.0 Å². The van der Waals surface area contributed by atoms with Gasteiger partial charge in [-0.1, -0.05) is 24.6 Å². The monoisotopic (exact) mass is 493 g/mol. The van der Waals surface area contributed by atoms with E-state index in [1.54, 1.807) is 42.5 Å².